The Kier molecular flexibility index (Phi) is 6.29. The number of benzene rings is 1. The summed E-state index contributed by atoms with van der Waals surface area (Å²) in [7, 11) is 0. The first-order valence-corrected chi connectivity index (χ1v) is 9.16. The number of carbonyl (C=O) groups excluding carboxylic acids is 1. The quantitative estimate of drug-likeness (QED) is 0.846. The molecule has 4 nitrogen and oxygen atoms in total. The lowest BCUT2D eigenvalue weighted by molar-refractivity contribution is -0.120. The van der Waals surface area contributed by atoms with Crippen LogP contribution in [0.4, 0.5) is 5.69 Å². The Morgan fingerprint density at radius 3 is 2.82 bits per heavy atom. The second kappa shape index (κ2) is 7.99. The summed E-state index contributed by atoms with van der Waals surface area (Å²) in [5.74, 6) is 2.30. The number of hydrogen-bond acceptors (Lipinski definition) is 4. The van der Waals surface area contributed by atoms with Crippen molar-refractivity contribution in [3.8, 4) is 0 Å². The van der Waals surface area contributed by atoms with E-state index in [2.05, 4.69) is 22.3 Å². The van der Waals surface area contributed by atoms with Gasteiger partial charge in [-0.05, 0) is 31.0 Å². The number of nitrogens with one attached hydrogen (secondary N) is 1. The highest BCUT2D eigenvalue weighted by Gasteiger charge is 2.27. The smallest absolute Gasteiger partial charge is 0.244 e. The molecule has 1 unspecified atom stereocenters. The fraction of sp³-hybridized carbons (Fsp3) is 0.588. The Hall–Kier alpha value is -1.04. The Labute approximate surface area is 137 Å². The number of anilines is 1. The first kappa shape index (κ1) is 17.3. The van der Waals surface area contributed by atoms with E-state index in [0.717, 1.165) is 31.7 Å². The molecule has 1 heterocycles. The van der Waals surface area contributed by atoms with Crippen LogP contribution in [0, 0.1) is 0 Å². The maximum absolute atomic E-state index is 12.3. The summed E-state index contributed by atoms with van der Waals surface area (Å²) < 4.78 is 0. The third-order valence-electron chi connectivity index (χ3n) is 3.98. The molecule has 0 spiro atoms. The van der Waals surface area contributed by atoms with Gasteiger partial charge in [0.05, 0.1) is 5.54 Å². The van der Waals surface area contributed by atoms with Crippen molar-refractivity contribution in [2.45, 2.75) is 38.8 Å². The molecule has 0 saturated carbocycles. The first-order chi connectivity index (χ1) is 10.5. The van der Waals surface area contributed by atoms with Crippen molar-refractivity contribution in [3.05, 3.63) is 29.8 Å². The minimum atomic E-state index is -0.811. The zero-order valence-corrected chi connectivity index (χ0v) is 14.4. The molecule has 1 aromatic carbocycles. The van der Waals surface area contributed by atoms with Crippen LogP contribution in [0.25, 0.3) is 0 Å². The highest BCUT2D eigenvalue weighted by Crippen LogP contribution is 2.18. The number of nitrogens with zero attached hydrogens (tertiary/aromatic N) is 1. The Bertz CT molecular complexity index is 498. The second-order valence-electron chi connectivity index (χ2n) is 6.21. The number of amides is 1. The number of rotatable bonds is 6. The number of thioether (sulfide) groups is 1. The maximum Gasteiger partial charge on any atom is 0.244 e. The molecule has 5 heteroatoms. The van der Waals surface area contributed by atoms with Crippen LogP contribution in [0.1, 0.15) is 32.3 Å². The van der Waals surface area contributed by atoms with E-state index in [1.165, 1.54) is 17.1 Å². The Morgan fingerprint density at radius 1 is 1.41 bits per heavy atom. The van der Waals surface area contributed by atoms with E-state index < -0.39 is 5.54 Å². The van der Waals surface area contributed by atoms with E-state index in [1.54, 1.807) is 6.92 Å². The van der Waals surface area contributed by atoms with E-state index in [1.807, 2.05) is 30.8 Å². The standard InChI is InChI=1S/C17H27N3OS/c1-3-7-17(2,18)16(21)19-15-6-4-5-14(12-15)13-20-8-10-22-11-9-20/h4-6,12H,3,7-11,13,18H2,1-2H3,(H,19,21). The topological polar surface area (TPSA) is 58.4 Å². The van der Waals surface area contributed by atoms with E-state index in [-0.39, 0.29) is 5.91 Å². The molecule has 1 aliphatic heterocycles. The van der Waals surface area contributed by atoms with Crippen LogP contribution in [0.3, 0.4) is 0 Å². The van der Waals surface area contributed by atoms with Crippen LogP contribution < -0.4 is 11.1 Å². The zero-order chi connectivity index (χ0) is 16.0. The van der Waals surface area contributed by atoms with Gasteiger partial charge in [-0.15, -0.1) is 0 Å². The average Bonchev–Trinajstić information content (AvgIpc) is 2.48. The van der Waals surface area contributed by atoms with Crippen molar-refractivity contribution in [2.24, 2.45) is 5.73 Å². The third kappa shape index (κ3) is 5.00. The van der Waals surface area contributed by atoms with Gasteiger partial charge in [0.25, 0.3) is 0 Å². The Balaban J connectivity index is 1.97. The van der Waals surface area contributed by atoms with Crippen molar-refractivity contribution >= 4 is 23.4 Å². The minimum Gasteiger partial charge on any atom is -0.324 e. The SMILES string of the molecule is CCCC(C)(N)C(=O)Nc1cccc(CN2CCSCC2)c1. The van der Waals surface area contributed by atoms with Gasteiger partial charge in [-0.1, -0.05) is 25.5 Å². The van der Waals surface area contributed by atoms with Gasteiger partial charge in [-0.3, -0.25) is 9.69 Å². The Morgan fingerprint density at radius 2 is 2.14 bits per heavy atom. The zero-order valence-electron chi connectivity index (χ0n) is 13.6. The summed E-state index contributed by atoms with van der Waals surface area (Å²) in [4.78, 5) is 14.7. The molecule has 1 atom stereocenters. The van der Waals surface area contributed by atoms with Crippen LogP contribution >= 0.6 is 11.8 Å². The summed E-state index contributed by atoms with van der Waals surface area (Å²) in [6.45, 7) is 7.05. The average molecular weight is 321 g/mol. The molecule has 1 amide bonds. The second-order valence-corrected chi connectivity index (χ2v) is 7.44. The van der Waals surface area contributed by atoms with Crippen LogP contribution in [0.15, 0.2) is 24.3 Å². The molecule has 3 N–H and O–H groups in total. The fourth-order valence-electron chi connectivity index (χ4n) is 2.67. The molecule has 1 aliphatic rings. The maximum atomic E-state index is 12.3. The van der Waals surface area contributed by atoms with Gasteiger partial charge >= 0.3 is 0 Å². The lowest BCUT2D eigenvalue weighted by Gasteiger charge is -2.26. The van der Waals surface area contributed by atoms with E-state index >= 15 is 0 Å². The van der Waals surface area contributed by atoms with Crippen LogP contribution in [0.5, 0.6) is 0 Å². The summed E-state index contributed by atoms with van der Waals surface area (Å²) in [6, 6.07) is 8.10. The molecule has 0 aliphatic carbocycles. The minimum absolute atomic E-state index is 0.110. The monoisotopic (exact) mass is 321 g/mol. The van der Waals surface area contributed by atoms with E-state index in [0.29, 0.717) is 6.42 Å². The molecule has 22 heavy (non-hydrogen) atoms. The lowest BCUT2D eigenvalue weighted by atomic mass is 9.96. The lowest BCUT2D eigenvalue weighted by Crippen LogP contribution is -2.48. The molecular weight excluding hydrogens is 294 g/mol. The molecule has 122 valence electrons. The van der Waals surface area contributed by atoms with Crippen molar-refractivity contribution < 1.29 is 4.79 Å². The van der Waals surface area contributed by atoms with Gasteiger partial charge in [-0.25, -0.2) is 0 Å². The van der Waals surface area contributed by atoms with Gasteiger partial charge in [-0.2, -0.15) is 11.8 Å². The summed E-state index contributed by atoms with van der Waals surface area (Å²) >= 11 is 2.02. The van der Waals surface area contributed by atoms with Gasteiger partial charge in [0.2, 0.25) is 5.91 Å². The molecule has 1 fully saturated rings. The van der Waals surface area contributed by atoms with Gasteiger partial charge in [0, 0.05) is 36.8 Å². The summed E-state index contributed by atoms with van der Waals surface area (Å²) in [5.41, 5.74) is 7.34. The molecule has 0 bridgehead atoms. The van der Waals surface area contributed by atoms with Crippen molar-refractivity contribution in [1.82, 2.24) is 4.90 Å². The predicted molar refractivity (Wildman–Crippen MR) is 95.2 cm³/mol. The van der Waals surface area contributed by atoms with Crippen LogP contribution in [0.2, 0.25) is 0 Å². The molecule has 1 saturated heterocycles. The highest BCUT2D eigenvalue weighted by atomic mass is 32.2. The highest BCUT2D eigenvalue weighted by molar-refractivity contribution is 7.99. The number of hydrogen-bond donors (Lipinski definition) is 2. The van der Waals surface area contributed by atoms with E-state index in [9.17, 15) is 4.79 Å². The molecular formula is C17H27N3OS. The van der Waals surface area contributed by atoms with Crippen LogP contribution in [-0.4, -0.2) is 40.9 Å². The van der Waals surface area contributed by atoms with Crippen LogP contribution in [-0.2, 0) is 11.3 Å². The van der Waals surface area contributed by atoms with Crippen molar-refractivity contribution in [3.63, 3.8) is 0 Å². The third-order valence-corrected chi connectivity index (χ3v) is 4.93. The summed E-state index contributed by atoms with van der Waals surface area (Å²) in [5, 5.41) is 2.96. The normalized spacial score (nSPS) is 18.7. The number of nitrogens with two attached hydrogens (primary N) is 1. The predicted octanol–water partition coefficient (Wildman–Crippen LogP) is 2.69. The van der Waals surface area contributed by atoms with Gasteiger partial charge in [0.15, 0.2) is 0 Å². The van der Waals surface area contributed by atoms with Crippen molar-refractivity contribution in [2.75, 3.05) is 29.9 Å². The van der Waals surface area contributed by atoms with Gasteiger partial charge < -0.3 is 11.1 Å². The largest absolute Gasteiger partial charge is 0.324 e. The number of carbonyl (C=O) groups is 1. The molecule has 2 rings (SSSR count). The van der Waals surface area contributed by atoms with Gasteiger partial charge in [0.1, 0.15) is 0 Å². The van der Waals surface area contributed by atoms with Crippen molar-refractivity contribution in [1.29, 1.82) is 0 Å². The molecule has 0 aromatic heterocycles. The molecule has 0 radical (unpaired) electrons. The first-order valence-electron chi connectivity index (χ1n) is 8.00. The molecule has 1 aromatic rings. The van der Waals surface area contributed by atoms with E-state index in [4.69, 9.17) is 5.73 Å². The summed E-state index contributed by atoms with van der Waals surface area (Å²) in [6.07, 6.45) is 1.58. The fourth-order valence-corrected chi connectivity index (χ4v) is 3.65.